The van der Waals surface area contributed by atoms with Crippen LogP contribution < -0.4 is 16.4 Å². The Morgan fingerprint density at radius 1 is 1.40 bits per heavy atom. The molecule has 1 aromatic carbocycles. The smallest absolute Gasteiger partial charge is 0.326 e. The number of rotatable bonds is 4. The maximum Gasteiger partial charge on any atom is 0.326 e. The summed E-state index contributed by atoms with van der Waals surface area (Å²) in [6.45, 7) is 7.68. The van der Waals surface area contributed by atoms with Gasteiger partial charge in [0.2, 0.25) is 5.96 Å². The van der Waals surface area contributed by atoms with Gasteiger partial charge in [0, 0.05) is 5.69 Å². The Morgan fingerprint density at radius 3 is 2.55 bits per heavy atom. The van der Waals surface area contributed by atoms with E-state index in [0.717, 1.165) is 23.2 Å². The van der Waals surface area contributed by atoms with Crippen molar-refractivity contribution < 1.29 is 9.63 Å². The lowest BCUT2D eigenvalue weighted by atomic mass is 10.1. The molecule has 0 saturated heterocycles. The van der Waals surface area contributed by atoms with E-state index in [2.05, 4.69) is 15.8 Å². The normalized spacial score (nSPS) is 12.7. The van der Waals surface area contributed by atoms with Gasteiger partial charge in [-0.15, -0.1) is 0 Å². The van der Waals surface area contributed by atoms with Gasteiger partial charge in [-0.2, -0.15) is 0 Å². The van der Waals surface area contributed by atoms with E-state index in [4.69, 9.17) is 10.6 Å². The first kappa shape index (κ1) is 15.8. The predicted molar refractivity (Wildman–Crippen MR) is 80.5 cm³/mol. The number of guanidine groups is 1. The largest absolute Gasteiger partial charge is 0.390 e. The molecule has 1 unspecified atom stereocenters. The fourth-order valence-corrected chi connectivity index (χ4v) is 1.52. The molecule has 0 aliphatic heterocycles. The van der Waals surface area contributed by atoms with Crippen LogP contribution >= 0.6 is 0 Å². The Kier molecular flexibility index (Phi) is 5.83. The van der Waals surface area contributed by atoms with Crippen LogP contribution in [0.4, 0.5) is 10.5 Å². The highest BCUT2D eigenvalue weighted by atomic mass is 16.6. The highest BCUT2D eigenvalue weighted by molar-refractivity contribution is 6.02. The number of oxime groups is 1. The minimum absolute atomic E-state index is 0.0444. The summed E-state index contributed by atoms with van der Waals surface area (Å²) in [6.07, 6.45) is 0.766. The van der Waals surface area contributed by atoms with Crippen molar-refractivity contribution in [3.8, 4) is 0 Å². The van der Waals surface area contributed by atoms with E-state index in [1.165, 1.54) is 0 Å². The molecule has 0 saturated carbocycles. The molecule has 6 heteroatoms. The van der Waals surface area contributed by atoms with Crippen LogP contribution in [0.15, 0.2) is 23.4 Å². The van der Waals surface area contributed by atoms with Crippen LogP contribution in [0.5, 0.6) is 0 Å². The summed E-state index contributed by atoms with van der Waals surface area (Å²) in [5.74, 6) is -0.0750. The zero-order valence-corrected chi connectivity index (χ0v) is 12.4. The van der Waals surface area contributed by atoms with Gasteiger partial charge in [0.15, 0.2) is 0 Å². The molecular formula is C14H22N4O2. The molecule has 0 heterocycles. The zero-order valence-electron chi connectivity index (χ0n) is 12.4. The first-order valence-electron chi connectivity index (χ1n) is 6.57. The third kappa shape index (κ3) is 4.79. The van der Waals surface area contributed by atoms with Gasteiger partial charge in [-0.3, -0.25) is 5.32 Å². The van der Waals surface area contributed by atoms with Crippen molar-refractivity contribution in [2.24, 2.45) is 10.9 Å². The fraction of sp³-hybridized carbons (Fsp3) is 0.429. The Bertz CT molecular complexity index is 480. The van der Waals surface area contributed by atoms with Gasteiger partial charge in [-0.05, 0) is 43.5 Å². The lowest BCUT2D eigenvalue weighted by Crippen LogP contribution is -2.40. The average molecular weight is 278 g/mol. The maximum atomic E-state index is 11.8. The molecule has 0 fully saturated rings. The zero-order chi connectivity index (χ0) is 15.1. The number of aryl methyl sites for hydroxylation is 2. The lowest BCUT2D eigenvalue weighted by molar-refractivity contribution is 0.0689. The van der Waals surface area contributed by atoms with E-state index in [1.807, 2.05) is 45.9 Å². The quantitative estimate of drug-likeness (QED) is 0.449. The number of nitrogens with zero attached hydrogens (tertiary/aromatic N) is 1. The number of carbonyl (C=O) groups excluding carboxylic acids is 1. The summed E-state index contributed by atoms with van der Waals surface area (Å²) in [5, 5.41) is 8.80. The summed E-state index contributed by atoms with van der Waals surface area (Å²) >= 11 is 0. The summed E-state index contributed by atoms with van der Waals surface area (Å²) in [4.78, 5) is 16.9. The SMILES string of the molecule is CCC(C)ON=C(N)NC(=O)Nc1c(C)cccc1C. The maximum absolute atomic E-state index is 11.8. The second-order valence-electron chi connectivity index (χ2n) is 4.65. The highest BCUT2D eigenvalue weighted by Crippen LogP contribution is 2.18. The molecule has 1 aromatic rings. The van der Waals surface area contributed by atoms with Crippen molar-refractivity contribution >= 4 is 17.7 Å². The number of hydrogen-bond donors (Lipinski definition) is 3. The van der Waals surface area contributed by atoms with E-state index < -0.39 is 6.03 Å². The minimum Gasteiger partial charge on any atom is -0.390 e. The molecule has 110 valence electrons. The van der Waals surface area contributed by atoms with Gasteiger partial charge in [0.25, 0.3) is 0 Å². The summed E-state index contributed by atoms with van der Waals surface area (Å²) in [7, 11) is 0. The molecule has 0 spiro atoms. The van der Waals surface area contributed by atoms with E-state index in [0.29, 0.717) is 0 Å². The minimum atomic E-state index is -0.448. The summed E-state index contributed by atoms with van der Waals surface area (Å²) in [6, 6.07) is 5.33. The Morgan fingerprint density at radius 2 is 2.00 bits per heavy atom. The van der Waals surface area contributed by atoms with E-state index in [1.54, 1.807) is 0 Å². The second kappa shape index (κ2) is 7.37. The van der Waals surface area contributed by atoms with E-state index in [-0.39, 0.29) is 12.1 Å². The van der Waals surface area contributed by atoms with Crippen LogP contribution in [0.25, 0.3) is 0 Å². The standard InChI is InChI=1S/C14H22N4O2/c1-5-11(4)20-18-13(15)17-14(19)16-12-9(2)7-6-8-10(12)3/h6-8,11H,5H2,1-4H3,(H4,15,16,17,18,19). The van der Waals surface area contributed by atoms with Crippen LogP contribution in [0.2, 0.25) is 0 Å². The molecule has 6 nitrogen and oxygen atoms in total. The topological polar surface area (TPSA) is 88.7 Å². The first-order valence-corrected chi connectivity index (χ1v) is 6.57. The number of urea groups is 1. The van der Waals surface area contributed by atoms with E-state index >= 15 is 0 Å². The molecule has 1 rings (SSSR count). The van der Waals surface area contributed by atoms with Crippen molar-refractivity contribution in [2.75, 3.05) is 5.32 Å². The first-order chi connectivity index (χ1) is 9.43. The number of nitrogens with one attached hydrogen (secondary N) is 2. The Hall–Kier alpha value is -2.24. The number of carbonyl (C=O) groups is 1. The van der Waals surface area contributed by atoms with Crippen LogP contribution in [-0.4, -0.2) is 18.1 Å². The van der Waals surface area contributed by atoms with Gasteiger partial charge in [0.1, 0.15) is 6.10 Å². The van der Waals surface area contributed by atoms with Gasteiger partial charge in [0.05, 0.1) is 0 Å². The lowest BCUT2D eigenvalue weighted by Gasteiger charge is -2.12. The molecule has 0 aromatic heterocycles. The van der Waals surface area contributed by atoms with Crippen molar-refractivity contribution in [3.05, 3.63) is 29.3 Å². The highest BCUT2D eigenvalue weighted by Gasteiger charge is 2.08. The van der Waals surface area contributed by atoms with Crippen LogP contribution in [-0.2, 0) is 4.84 Å². The molecular weight excluding hydrogens is 256 g/mol. The van der Waals surface area contributed by atoms with Crippen LogP contribution in [0.3, 0.4) is 0 Å². The van der Waals surface area contributed by atoms with Gasteiger partial charge >= 0.3 is 6.03 Å². The molecule has 0 radical (unpaired) electrons. The molecule has 0 aliphatic carbocycles. The summed E-state index contributed by atoms with van der Waals surface area (Å²) in [5.41, 5.74) is 8.28. The number of amides is 2. The second-order valence-corrected chi connectivity index (χ2v) is 4.65. The van der Waals surface area contributed by atoms with Gasteiger partial charge in [-0.25, -0.2) is 4.79 Å². The Labute approximate surface area is 119 Å². The van der Waals surface area contributed by atoms with Crippen molar-refractivity contribution in [2.45, 2.75) is 40.2 Å². The van der Waals surface area contributed by atoms with Crippen molar-refractivity contribution in [3.63, 3.8) is 0 Å². The van der Waals surface area contributed by atoms with Gasteiger partial charge in [-0.1, -0.05) is 25.1 Å². The number of nitrogens with two attached hydrogens (primary N) is 1. The molecule has 0 bridgehead atoms. The number of benzene rings is 1. The monoisotopic (exact) mass is 278 g/mol. The molecule has 4 N–H and O–H groups in total. The average Bonchev–Trinajstić information content (AvgIpc) is 2.40. The fourth-order valence-electron chi connectivity index (χ4n) is 1.52. The number of para-hydroxylation sites is 1. The van der Waals surface area contributed by atoms with Crippen molar-refractivity contribution in [1.82, 2.24) is 5.32 Å². The van der Waals surface area contributed by atoms with Gasteiger partial charge < -0.3 is 15.9 Å². The van der Waals surface area contributed by atoms with Crippen LogP contribution in [0, 0.1) is 13.8 Å². The van der Waals surface area contributed by atoms with Crippen molar-refractivity contribution in [1.29, 1.82) is 0 Å². The Balaban J connectivity index is 2.60. The molecule has 2 amide bonds. The third-order valence-electron chi connectivity index (χ3n) is 2.87. The summed E-state index contributed by atoms with van der Waals surface area (Å²) < 4.78 is 0. The number of hydrogen-bond acceptors (Lipinski definition) is 3. The van der Waals surface area contributed by atoms with Crippen LogP contribution in [0.1, 0.15) is 31.4 Å². The molecule has 0 aliphatic rings. The third-order valence-corrected chi connectivity index (χ3v) is 2.87. The van der Waals surface area contributed by atoms with E-state index in [9.17, 15) is 4.79 Å². The number of anilines is 1. The molecule has 1 atom stereocenters. The predicted octanol–water partition coefficient (Wildman–Crippen LogP) is 2.47. The molecule has 20 heavy (non-hydrogen) atoms.